The van der Waals surface area contributed by atoms with Crippen molar-refractivity contribution in [2.24, 2.45) is 0 Å². The molecule has 0 radical (unpaired) electrons. The molecule has 1 N–H and O–H groups in total. The summed E-state index contributed by atoms with van der Waals surface area (Å²) < 4.78 is 15.0. The number of halogens is 1. The number of carbonyl (C=O) groups excluding carboxylic acids is 1. The molecule has 0 aliphatic heterocycles. The summed E-state index contributed by atoms with van der Waals surface area (Å²) in [6.07, 6.45) is 1.09. The van der Waals surface area contributed by atoms with Crippen LogP contribution in [0.4, 0.5) is 4.39 Å². The van der Waals surface area contributed by atoms with Gasteiger partial charge < -0.3 is 5.11 Å². The highest BCUT2D eigenvalue weighted by Gasteiger charge is 2.20. The number of rotatable bonds is 6. The number of benzene rings is 2. The van der Waals surface area contributed by atoms with Gasteiger partial charge in [-0.2, -0.15) is 0 Å². The van der Waals surface area contributed by atoms with Crippen molar-refractivity contribution >= 4 is 5.97 Å². The van der Waals surface area contributed by atoms with Gasteiger partial charge in [-0.25, -0.2) is 9.18 Å². The molecule has 0 fully saturated rings. The summed E-state index contributed by atoms with van der Waals surface area (Å²) in [5.41, 5.74) is 4.68. The summed E-state index contributed by atoms with van der Waals surface area (Å²) in [6.45, 7) is 10.9. The second-order valence-electron chi connectivity index (χ2n) is 7.09. The summed E-state index contributed by atoms with van der Waals surface area (Å²) >= 11 is 0. The van der Waals surface area contributed by atoms with Crippen LogP contribution < -0.4 is 4.89 Å². The molecule has 0 saturated heterocycles. The summed E-state index contributed by atoms with van der Waals surface area (Å²) in [7, 11) is 0. The molecular weight excluding hydrogens is 347 g/mol. The number of aromatic hydroxyl groups is 1. The predicted molar refractivity (Wildman–Crippen MR) is 103 cm³/mol. The Hall–Kier alpha value is -2.56. The highest BCUT2D eigenvalue weighted by atomic mass is 19.1. The lowest BCUT2D eigenvalue weighted by Crippen LogP contribution is -2.09. The van der Waals surface area contributed by atoms with E-state index in [-0.39, 0.29) is 18.1 Å². The maximum atomic E-state index is 15.0. The fraction of sp³-hybridized carbons (Fsp3) is 0.409. The van der Waals surface area contributed by atoms with Crippen molar-refractivity contribution < 1.29 is 24.1 Å². The smallest absolute Gasteiger partial charge is 0.352 e. The molecule has 0 heterocycles. The van der Waals surface area contributed by atoms with Crippen LogP contribution in [0.25, 0.3) is 0 Å². The molecule has 0 spiro atoms. The molecule has 0 aliphatic carbocycles. The van der Waals surface area contributed by atoms with Gasteiger partial charge >= 0.3 is 5.97 Å². The Morgan fingerprint density at radius 3 is 2.44 bits per heavy atom. The largest absolute Gasteiger partial charge is 0.508 e. The van der Waals surface area contributed by atoms with Gasteiger partial charge in [0.05, 0.1) is 0 Å². The van der Waals surface area contributed by atoms with Crippen LogP contribution in [0.2, 0.25) is 0 Å². The third-order valence-electron chi connectivity index (χ3n) is 4.81. The van der Waals surface area contributed by atoms with Gasteiger partial charge in [0.2, 0.25) is 0 Å². The van der Waals surface area contributed by atoms with E-state index in [9.17, 15) is 9.90 Å². The monoisotopic (exact) mass is 374 g/mol. The Balaban J connectivity index is 2.57. The van der Waals surface area contributed by atoms with E-state index >= 15 is 4.39 Å². The van der Waals surface area contributed by atoms with Crippen LogP contribution in [0, 0.1) is 19.7 Å². The fourth-order valence-corrected chi connectivity index (χ4v) is 3.48. The van der Waals surface area contributed by atoms with Crippen LogP contribution >= 0.6 is 0 Å². The molecular formula is C22H27FO4. The van der Waals surface area contributed by atoms with Crippen molar-refractivity contribution in [2.45, 2.75) is 60.3 Å². The number of aryl methyl sites for hydroxylation is 1. The van der Waals surface area contributed by atoms with E-state index in [1.165, 1.54) is 13.0 Å². The van der Waals surface area contributed by atoms with Gasteiger partial charge in [-0.1, -0.05) is 26.8 Å². The molecule has 5 heteroatoms. The molecule has 0 bridgehead atoms. The summed E-state index contributed by atoms with van der Waals surface area (Å²) in [5, 5.41) is 10.0. The molecule has 0 atom stereocenters. The van der Waals surface area contributed by atoms with Gasteiger partial charge in [-0.15, -0.1) is 0 Å². The van der Waals surface area contributed by atoms with Crippen molar-refractivity contribution in [1.82, 2.24) is 0 Å². The summed E-state index contributed by atoms with van der Waals surface area (Å²) in [5.74, 6) is -0.768. The van der Waals surface area contributed by atoms with Crippen molar-refractivity contribution in [3.63, 3.8) is 0 Å². The second kappa shape index (κ2) is 8.42. The highest BCUT2D eigenvalue weighted by molar-refractivity contribution is 5.65. The molecule has 2 rings (SSSR count). The normalized spacial score (nSPS) is 11.0. The number of hydrogen-bond donors (Lipinski definition) is 1. The van der Waals surface area contributed by atoms with E-state index in [0.717, 1.165) is 28.7 Å². The predicted octanol–water partition coefficient (Wildman–Crippen LogP) is 5.28. The van der Waals surface area contributed by atoms with E-state index < -0.39 is 11.8 Å². The molecule has 2 aromatic rings. The van der Waals surface area contributed by atoms with Gasteiger partial charge in [-0.3, -0.25) is 9.78 Å². The van der Waals surface area contributed by atoms with Gasteiger partial charge in [0, 0.05) is 24.5 Å². The Morgan fingerprint density at radius 1 is 1.22 bits per heavy atom. The van der Waals surface area contributed by atoms with Crippen molar-refractivity contribution in [2.75, 3.05) is 0 Å². The number of hydrogen-bond acceptors (Lipinski definition) is 4. The van der Waals surface area contributed by atoms with E-state index in [1.807, 2.05) is 33.8 Å². The van der Waals surface area contributed by atoms with Crippen molar-refractivity contribution in [1.29, 1.82) is 0 Å². The van der Waals surface area contributed by atoms with Crippen LogP contribution in [0.15, 0.2) is 18.2 Å². The molecule has 2 aromatic carbocycles. The second-order valence-corrected chi connectivity index (χ2v) is 7.09. The van der Waals surface area contributed by atoms with E-state index in [1.54, 1.807) is 6.07 Å². The average molecular weight is 374 g/mol. The first-order valence-electron chi connectivity index (χ1n) is 9.14. The van der Waals surface area contributed by atoms with E-state index in [2.05, 4.69) is 6.92 Å². The Labute approximate surface area is 159 Å². The average Bonchev–Trinajstić information content (AvgIpc) is 2.57. The SMILES string of the molecule is CCc1c(C)cc(OOC(C)=O)c(Cc2ccc(O)c(C(C)C)c2F)c1C. The van der Waals surface area contributed by atoms with Crippen LogP contribution in [-0.2, 0) is 22.5 Å². The molecule has 0 saturated carbocycles. The first-order valence-corrected chi connectivity index (χ1v) is 9.14. The number of carbonyl (C=O) groups is 1. The maximum absolute atomic E-state index is 15.0. The van der Waals surface area contributed by atoms with E-state index in [0.29, 0.717) is 16.9 Å². The zero-order valence-corrected chi connectivity index (χ0v) is 16.8. The lowest BCUT2D eigenvalue weighted by Gasteiger charge is -2.19. The highest BCUT2D eigenvalue weighted by Crippen LogP contribution is 2.35. The van der Waals surface area contributed by atoms with Crippen LogP contribution in [-0.4, -0.2) is 11.1 Å². The third-order valence-corrected chi connectivity index (χ3v) is 4.81. The quantitative estimate of drug-likeness (QED) is 0.552. The first kappa shape index (κ1) is 20.7. The molecule has 0 unspecified atom stereocenters. The minimum Gasteiger partial charge on any atom is -0.508 e. The number of phenolic OH excluding ortho intramolecular Hbond substituents is 1. The Bertz CT molecular complexity index is 856. The fourth-order valence-electron chi connectivity index (χ4n) is 3.48. The molecule has 27 heavy (non-hydrogen) atoms. The Kier molecular flexibility index (Phi) is 6.47. The standard InChI is InChI=1S/C22H27FO4/c1-7-17-13(4)10-20(27-26-15(6)24)18(14(17)5)11-16-8-9-19(25)21(12(2)3)22(16)23/h8-10,12,25H,7,11H2,1-6H3. The van der Waals surface area contributed by atoms with Crippen molar-refractivity contribution in [3.8, 4) is 11.5 Å². The van der Waals surface area contributed by atoms with Crippen LogP contribution in [0.1, 0.15) is 67.0 Å². The summed E-state index contributed by atoms with van der Waals surface area (Å²) in [4.78, 5) is 21.1. The first-order chi connectivity index (χ1) is 12.7. The minimum absolute atomic E-state index is 0.0440. The van der Waals surface area contributed by atoms with Crippen LogP contribution in [0.5, 0.6) is 11.5 Å². The molecule has 0 aromatic heterocycles. The van der Waals surface area contributed by atoms with Crippen molar-refractivity contribution in [3.05, 3.63) is 57.4 Å². The third kappa shape index (κ3) is 4.41. The number of phenols is 1. The van der Waals surface area contributed by atoms with Gasteiger partial charge in [0.1, 0.15) is 11.6 Å². The summed E-state index contributed by atoms with van der Waals surface area (Å²) in [6, 6.07) is 4.91. The van der Waals surface area contributed by atoms with Gasteiger partial charge in [0.15, 0.2) is 5.75 Å². The van der Waals surface area contributed by atoms with Gasteiger partial charge in [0.25, 0.3) is 0 Å². The molecule has 0 amide bonds. The van der Waals surface area contributed by atoms with Gasteiger partial charge in [-0.05, 0) is 60.6 Å². The zero-order valence-electron chi connectivity index (χ0n) is 16.8. The van der Waals surface area contributed by atoms with E-state index in [4.69, 9.17) is 9.78 Å². The molecule has 146 valence electrons. The lowest BCUT2D eigenvalue weighted by molar-refractivity contribution is -0.211. The maximum Gasteiger partial charge on any atom is 0.352 e. The zero-order chi connectivity index (χ0) is 20.3. The molecule has 0 aliphatic rings. The minimum atomic E-state index is -0.561. The Morgan fingerprint density at radius 2 is 1.89 bits per heavy atom. The van der Waals surface area contributed by atoms with Crippen LogP contribution in [0.3, 0.4) is 0 Å². The lowest BCUT2D eigenvalue weighted by atomic mass is 9.90. The topological polar surface area (TPSA) is 55.8 Å². The molecule has 4 nitrogen and oxygen atoms in total.